The van der Waals surface area contributed by atoms with Crippen LogP contribution in [0.4, 0.5) is 13.2 Å². The number of alkyl halides is 3. The number of carbonyl (C=O) groups excluding carboxylic acids is 4. The Morgan fingerprint density at radius 1 is 0.400 bits per heavy atom. The average Bonchev–Trinajstić information content (AvgIpc) is 1.50. The van der Waals surface area contributed by atoms with Gasteiger partial charge in [0, 0.05) is 170 Å². The molecule has 6 N–H and O–H groups in total. The summed E-state index contributed by atoms with van der Waals surface area (Å²) in [5.74, 6) is 0.638. The summed E-state index contributed by atoms with van der Waals surface area (Å²) in [6.45, 7) is 22.7. The van der Waals surface area contributed by atoms with Gasteiger partial charge in [-0.1, -0.05) is 42.5 Å². The van der Waals surface area contributed by atoms with Gasteiger partial charge in [-0.15, -0.1) is 19.8 Å². The number of nitrogens with zero attached hydrogens (tertiary/aromatic N) is 8. The minimum atomic E-state index is -4.82. The van der Waals surface area contributed by atoms with Crippen molar-refractivity contribution in [2.45, 2.75) is 175 Å². The molecule has 764 valence electrons. The molecule has 45 heteroatoms. The first-order valence-electron chi connectivity index (χ1n) is 47.0. The highest BCUT2D eigenvalue weighted by molar-refractivity contribution is 7.90. The third-order valence-corrected chi connectivity index (χ3v) is 37.2. The zero-order valence-electron chi connectivity index (χ0n) is 79.2. The van der Waals surface area contributed by atoms with Crippen LogP contribution in [-0.4, -0.2) is 325 Å². The molecule has 1 amide bonds. The number of nitrogens with one attached hydrogen (secondary N) is 6. The molecule has 6 aromatic carbocycles. The van der Waals surface area contributed by atoms with Crippen molar-refractivity contribution in [3.8, 4) is 17.2 Å². The fourth-order valence-electron chi connectivity index (χ4n) is 19.9. The number of likely N-dealkylation sites (tertiary alicyclic amines) is 1. The Morgan fingerprint density at radius 2 is 0.700 bits per heavy atom. The number of ketones is 3. The number of halogens is 3. The van der Waals surface area contributed by atoms with E-state index in [-0.39, 0.29) is 60.3 Å². The van der Waals surface area contributed by atoms with E-state index >= 15 is 0 Å². The first-order valence-corrected chi connectivity index (χ1v) is 54.2. The minimum Gasteiger partial charge on any atom is -0.497 e. The maximum atomic E-state index is 13.6. The summed E-state index contributed by atoms with van der Waals surface area (Å²) in [6, 6.07) is 36.0. The highest BCUT2D eigenvalue weighted by Crippen LogP contribution is 2.45. The number of carbonyl (C=O) groups is 4. The number of imidazole rings is 1. The molecule has 37 nitrogen and oxygen atoms in total. The smallest absolute Gasteiger partial charge is 0.497 e. The molecular weight excluding hydrogens is 1920 g/mol. The van der Waals surface area contributed by atoms with Gasteiger partial charge >= 0.3 is 6.36 Å². The fourth-order valence-corrected chi connectivity index (χ4v) is 28.7. The Balaban J connectivity index is 0.000000134. The van der Waals surface area contributed by atoms with Crippen molar-refractivity contribution < 1.29 is 117 Å². The largest absolute Gasteiger partial charge is 0.573 e. The Bertz CT molecular complexity index is 5990. The third kappa shape index (κ3) is 24.0. The van der Waals surface area contributed by atoms with Crippen LogP contribution in [0.25, 0.3) is 0 Å². The molecule has 12 aliphatic rings. The van der Waals surface area contributed by atoms with Crippen molar-refractivity contribution in [2.75, 3.05) is 172 Å². The number of sulfonamides is 5. The van der Waals surface area contributed by atoms with E-state index in [9.17, 15) is 74.4 Å². The number of ether oxygens (including phenoxy) is 9. The molecule has 19 rings (SSSR count). The maximum absolute atomic E-state index is 13.6. The predicted octanol–water partition coefficient (Wildman–Crippen LogP) is 7.93. The number of Topliss-reactive ketones (excluding diaryl/α,β-unsaturated/α-hetero) is 3. The Labute approximate surface area is 816 Å². The lowest BCUT2D eigenvalue weighted by molar-refractivity contribution is -0.274. The number of hydrogen-bond donors (Lipinski definition) is 6. The van der Waals surface area contributed by atoms with E-state index in [1.165, 1.54) is 58.0 Å². The monoisotopic (exact) mass is 2050 g/mol. The van der Waals surface area contributed by atoms with Gasteiger partial charge in [-0.05, 0) is 195 Å². The highest BCUT2D eigenvalue weighted by Gasteiger charge is 2.57. The van der Waals surface area contributed by atoms with Crippen LogP contribution in [0.2, 0.25) is 0 Å². The Morgan fingerprint density at radius 3 is 1.03 bits per heavy atom. The molecule has 12 saturated heterocycles. The first-order chi connectivity index (χ1) is 66.8. The summed E-state index contributed by atoms with van der Waals surface area (Å²) in [5.41, 5.74) is -1.16. The molecule has 1 atom stereocenters. The average molecular weight is 2050 g/mol. The first kappa shape index (κ1) is 107. The number of hydrogen-bond acceptors (Lipinski definition) is 30. The fraction of sp³-hybridized carbons (Fsp3) is 0.526. The van der Waals surface area contributed by atoms with Crippen molar-refractivity contribution in [2.24, 2.45) is 0 Å². The second-order valence-electron chi connectivity index (χ2n) is 35.7. The van der Waals surface area contributed by atoms with Gasteiger partial charge in [0.1, 0.15) is 51.6 Å². The quantitative estimate of drug-likeness (QED) is 0.0293. The van der Waals surface area contributed by atoms with E-state index < -0.39 is 96.6 Å². The molecule has 12 fully saturated rings. The van der Waals surface area contributed by atoms with Crippen LogP contribution in [0.5, 0.6) is 17.2 Å². The van der Waals surface area contributed by atoms with E-state index in [0.717, 1.165) is 102 Å². The standard InChI is InChI=1S/C19H24N4O4S.C17H24N2O4S.C16H20N2O3.C15H20N2O4S.C14H17F3N2O4S.C14H20N2O4S/c1-14(24)15-2-4-18(5-3-15)28(25,26)23-17(10-16-11-21-13-22-16)12-27-19(23)6-8-20-9-7-19;1-3-10-18-11-8-17(9-12-18)19(13-14-23-17)24(20,21)16-6-4-15(22-2)5-7-16;1-12(19)13-2-4-14(5-3-13)15(20)18-10-11-21-16(18)6-8-17-9-7-16;1-12(18)13-2-4-14(5-3-13)22(19,20)17-10-11-21-15(17)6-8-16-9-7-15;15-14(16,17)23-11-1-3-12(4-2-11)24(20,21)19-9-10-22-13(19)5-7-18-8-6-13;1-19-12-2-4-13(5-3-12)21(17,18)16-10-11-20-14(16)6-8-15-9-7-14/h2-5,11,13,17,20H,6-10,12H2,1H3,(H,21,22);3-7H,1,8-14H2,2H3;2-5,17H,6-11H2,1H3;2-5,16H,6-11H2,1H3;1-4,18H,5-10H2;2-5,15H,6-11H2,1H3. The SMILES string of the molecule is C=CCN1CCC2(CC1)OCCN2S(=O)(=O)c1ccc(OC)cc1.CC(=O)c1ccc(C(=O)N2CCOC23CCNCC3)cc1.CC(=O)c1ccc(S(=O)(=O)N2C(Cc3cnc[nH]3)COC23CCNCC3)cc1.CC(=O)c1ccc(S(=O)(=O)N2CCOC23CCNCC3)cc1.COc1ccc(S(=O)(=O)N2CCOC23CCNCC3)cc1.O=S(=O)(c1ccc(OC(F)(F)F)cc1)N1CCOC12CCNCC2. The van der Waals surface area contributed by atoms with E-state index in [4.69, 9.17) is 37.9 Å². The number of rotatable bonds is 21. The number of amides is 1. The second-order valence-corrected chi connectivity index (χ2v) is 45.0. The zero-order valence-corrected chi connectivity index (χ0v) is 83.3. The Kier molecular flexibility index (Phi) is 34.7. The predicted molar refractivity (Wildman–Crippen MR) is 509 cm³/mol. The van der Waals surface area contributed by atoms with Crippen molar-refractivity contribution >= 4 is 73.4 Å². The summed E-state index contributed by atoms with van der Waals surface area (Å²) in [6.07, 6.45) is 8.77. The van der Waals surface area contributed by atoms with Crippen molar-refractivity contribution in [1.82, 2.24) is 67.9 Å². The minimum absolute atomic E-state index is 0.00771. The van der Waals surface area contributed by atoms with Crippen LogP contribution in [0.1, 0.15) is 145 Å². The van der Waals surface area contributed by atoms with Crippen molar-refractivity contribution in [1.29, 1.82) is 0 Å². The van der Waals surface area contributed by atoms with Gasteiger partial charge in [0.15, 0.2) is 17.3 Å². The van der Waals surface area contributed by atoms with E-state index in [0.29, 0.717) is 196 Å². The molecule has 0 aliphatic carbocycles. The van der Waals surface area contributed by atoms with E-state index in [1.54, 1.807) is 132 Å². The van der Waals surface area contributed by atoms with Crippen LogP contribution in [0.3, 0.4) is 0 Å². The van der Waals surface area contributed by atoms with Crippen molar-refractivity contribution in [3.05, 3.63) is 199 Å². The van der Waals surface area contributed by atoms with Gasteiger partial charge in [0.25, 0.3) is 5.91 Å². The van der Waals surface area contributed by atoms with E-state index in [2.05, 4.69) is 52.8 Å². The zero-order chi connectivity index (χ0) is 100. The Hall–Kier alpha value is -8.99. The number of methoxy groups -OCH3 is 2. The van der Waals surface area contributed by atoms with Gasteiger partial charge < -0.3 is 79.1 Å². The molecule has 13 heterocycles. The lowest BCUT2D eigenvalue weighted by Gasteiger charge is -2.42. The van der Waals surface area contributed by atoms with Gasteiger partial charge in [-0.2, -0.15) is 21.5 Å². The van der Waals surface area contributed by atoms with Crippen LogP contribution in [0.15, 0.2) is 195 Å². The van der Waals surface area contributed by atoms with Crippen LogP contribution >= 0.6 is 0 Å². The molecule has 12 aliphatic heterocycles. The number of aromatic amines is 1. The second kappa shape index (κ2) is 45.5. The summed E-state index contributed by atoms with van der Waals surface area (Å²) in [7, 11) is -15.3. The van der Waals surface area contributed by atoms with Crippen molar-refractivity contribution in [3.63, 3.8) is 0 Å². The number of H-pyrrole nitrogens is 1. The molecule has 7 aromatic rings. The maximum Gasteiger partial charge on any atom is 0.573 e. The number of benzene rings is 6. The van der Waals surface area contributed by atoms with Crippen LogP contribution in [0, 0.1) is 0 Å². The summed E-state index contributed by atoms with van der Waals surface area (Å²) < 4.78 is 224. The van der Waals surface area contributed by atoms with Gasteiger partial charge in [-0.3, -0.25) is 24.1 Å². The lowest BCUT2D eigenvalue weighted by atomic mass is 9.99. The van der Waals surface area contributed by atoms with E-state index in [1.807, 2.05) is 11.0 Å². The normalized spacial score (nSPS) is 22.0. The van der Waals surface area contributed by atoms with Crippen LogP contribution in [-0.2, 0) is 85.0 Å². The highest BCUT2D eigenvalue weighted by atomic mass is 32.2. The summed E-state index contributed by atoms with van der Waals surface area (Å²) >= 11 is 0. The molecular formula is C95H125F3N14O23S5. The van der Waals surface area contributed by atoms with Gasteiger partial charge in [0.2, 0.25) is 50.1 Å². The van der Waals surface area contributed by atoms with Gasteiger partial charge in [-0.25, -0.2) is 47.1 Å². The molecule has 0 bridgehead atoms. The molecule has 6 spiro atoms. The third-order valence-electron chi connectivity index (χ3n) is 27.3. The molecule has 0 saturated carbocycles. The molecule has 1 unspecified atom stereocenters. The number of aromatic nitrogens is 2. The number of piperidine rings is 6. The van der Waals surface area contributed by atoms with Crippen LogP contribution < -0.4 is 40.8 Å². The molecule has 1 aromatic heterocycles. The topological polar surface area (TPSA) is 434 Å². The molecule has 140 heavy (non-hydrogen) atoms. The van der Waals surface area contributed by atoms with Gasteiger partial charge in [0.05, 0.1) is 90.7 Å². The lowest BCUT2D eigenvalue weighted by Crippen LogP contribution is -2.56. The summed E-state index contributed by atoms with van der Waals surface area (Å²) in [5, 5.41) is 16.2. The molecule has 0 radical (unpaired) electrons. The summed E-state index contributed by atoms with van der Waals surface area (Å²) in [4.78, 5) is 59.0.